The van der Waals surface area contributed by atoms with Gasteiger partial charge in [0.05, 0.1) is 0 Å². The molecule has 1 fully saturated rings. The third-order valence-electron chi connectivity index (χ3n) is 2.47. The summed E-state index contributed by atoms with van der Waals surface area (Å²) in [5, 5.41) is 9.44. The quantitative estimate of drug-likeness (QED) is 0.756. The molecule has 1 aliphatic heterocycles. The molecule has 1 saturated heterocycles. The Morgan fingerprint density at radius 2 is 2.13 bits per heavy atom. The van der Waals surface area contributed by atoms with Crippen LogP contribution in [0.2, 0.25) is 0 Å². The third-order valence-corrected chi connectivity index (χ3v) is 3.44. The van der Waals surface area contributed by atoms with Crippen LogP contribution >= 0.6 is 22.6 Å². The van der Waals surface area contributed by atoms with Crippen molar-refractivity contribution in [2.24, 2.45) is 0 Å². The van der Waals surface area contributed by atoms with Crippen molar-refractivity contribution >= 4 is 22.6 Å². The largest absolute Gasteiger partial charge is 0.492 e. The molecule has 15 heavy (non-hydrogen) atoms. The van der Waals surface area contributed by atoms with Crippen LogP contribution in [0.4, 0.5) is 0 Å². The molecule has 1 aromatic rings. The molecule has 82 valence electrons. The summed E-state index contributed by atoms with van der Waals surface area (Å²) < 4.78 is 5.46. The number of aromatic nitrogens is 2. The van der Waals surface area contributed by atoms with Gasteiger partial charge in [-0.2, -0.15) is 4.98 Å². The smallest absolute Gasteiger partial charge is 0.268 e. The Balaban J connectivity index is 2.32. The number of aromatic hydroxyl groups is 1. The van der Waals surface area contributed by atoms with Crippen molar-refractivity contribution in [3.05, 3.63) is 19.7 Å². The standard InChI is InChI=1S/C9H11IN2O3/c10-6-8(13)11-7(12-9(6)14)5-1-3-15-4-2-5/h5H,1-4H2,(H2,11,12,13,14). The molecule has 0 spiro atoms. The van der Waals surface area contributed by atoms with Crippen molar-refractivity contribution in [2.45, 2.75) is 18.8 Å². The second kappa shape index (κ2) is 4.48. The van der Waals surface area contributed by atoms with Crippen LogP contribution in [0, 0.1) is 3.57 Å². The van der Waals surface area contributed by atoms with Crippen molar-refractivity contribution in [1.82, 2.24) is 9.97 Å². The van der Waals surface area contributed by atoms with E-state index in [0.29, 0.717) is 19.0 Å². The highest BCUT2D eigenvalue weighted by molar-refractivity contribution is 14.1. The number of nitrogens with zero attached hydrogens (tertiary/aromatic N) is 1. The lowest BCUT2D eigenvalue weighted by molar-refractivity contribution is 0.0833. The van der Waals surface area contributed by atoms with Gasteiger partial charge in [0.2, 0.25) is 5.88 Å². The van der Waals surface area contributed by atoms with Crippen LogP contribution in [0.3, 0.4) is 0 Å². The minimum atomic E-state index is -0.274. The zero-order valence-corrected chi connectivity index (χ0v) is 10.2. The number of aromatic amines is 1. The van der Waals surface area contributed by atoms with E-state index in [-0.39, 0.29) is 20.9 Å². The van der Waals surface area contributed by atoms with E-state index in [1.165, 1.54) is 0 Å². The molecule has 1 aromatic heterocycles. The third kappa shape index (κ3) is 2.31. The second-order valence-corrected chi connectivity index (χ2v) is 4.55. The van der Waals surface area contributed by atoms with Gasteiger partial charge in [-0.1, -0.05) is 0 Å². The molecular weight excluding hydrogens is 311 g/mol. The number of ether oxygens (including phenoxy) is 1. The van der Waals surface area contributed by atoms with E-state index in [4.69, 9.17) is 4.74 Å². The Kier molecular flexibility index (Phi) is 3.25. The maximum Gasteiger partial charge on any atom is 0.268 e. The zero-order chi connectivity index (χ0) is 10.8. The topological polar surface area (TPSA) is 75.2 Å². The van der Waals surface area contributed by atoms with Gasteiger partial charge in [0, 0.05) is 19.1 Å². The molecule has 0 atom stereocenters. The molecule has 0 amide bonds. The van der Waals surface area contributed by atoms with E-state index in [2.05, 4.69) is 9.97 Å². The molecular formula is C9H11IN2O3. The maximum absolute atomic E-state index is 11.4. The molecule has 0 radical (unpaired) electrons. The molecule has 0 aliphatic carbocycles. The minimum absolute atomic E-state index is 0.180. The highest BCUT2D eigenvalue weighted by Gasteiger charge is 2.19. The number of hydrogen-bond donors (Lipinski definition) is 2. The normalized spacial score (nSPS) is 17.9. The van der Waals surface area contributed by atoms with Crippen LogP contribution in [0.1, 0.15) is 24.6 Å². The molecule has 0 unspecified atom stereocenters. The van der Waals surface area contributed by atoms with Crippen LogP contribution in [-0.2, 0) is 4.74 Å². The lowest BCUT2D eigenvalue weighted by atomic mass is 9.99. The van der Waals surface area contributed by atoms with E-state index in [0.717, 1.165) is 12.8 Å². The van der Waals surface area contributed by atoms with Gasteiger partial charge in [0.25, 0.3) is 5.56 Å². The zero-order valence-electron chi connectivity index (χ0n) is 7.99. The summed E-state index contributed by atoms with van der Waals surface area (Å²) in [4.78, 5) is 18.1. The molecule has 2 rings (SSSR count). The Bertz CT molecular complexity index is 412. The number of nitrogens with one attached hydrogen (secondary N) is 1. The monoisotopic (exact) mass is 322 g/mol. The first-order valence-corrected chi connectivity index (χ1v) is 5.83. The molecule has 6 heteroatoms. The lowest BCUT2D eigenvalue weighted by Crippen LogP contribution is -2.21. The minimum Gasteiger partial charge on any atom is -0.492 e. The molecule has 1 aliphatic rings. The van der Waals surface area contributed by atoms with E-state index < -0.39 is 0 Å². The summed E-state index contributed by atoms with van der Waals surface area (Å²) in [5.41, 5.74) is -0.274. The van der Waals surface area contributed by atoms with Crippen molar-refractivity contribution in [3.63, 3.8) is 0 Å². The summed E-state index contributed by atoms with van der Waals surface area (Å²) >= 11 is 1.78. The van der Waals surface area contributed by atoms with Crippen molar-refractivity contribution in [1.29, 1.82) is 0 Å². The van der Waals surface area contributed by atoms with Gasteiger partial charge in [-0.3, -0.25) is 4.79 Å². The fraction of sp³-hybridized carbons (Fsp3) is 0.556. The Morgan fingerprint density at radius 1 is 1.47 bits per heavy atom. The van der Waals surface area contributed by atoms with Crippen LogP contribution in [0.15, 0.2) is 4.79 Å². The van der Waals surface area contributed by atoms with Crippen molar-refractivity contribution < 1.29 is 9.84 Å². The molecule has 2 N–H and O–H groups in total. The first-order chi connectivity index (χ1) is 7.18. The number of rotatable bonds is 1. The average Bonchev–Trinajstić information content (AvgIpc) is 2.26. The van der Waals surface area contributed by atoms with Crippen LogP contribution in [-0.4, -0.2) is 28.3 Å². The first kappa shape index (κ1) is 10.9. The molecule has 0 bridgehead atoms. The highest BCUT2D eigenvalue weighted by atomic mass is 127. The van der Waals surface area contributed by atoms with Crippen LogP contribution < -0.4 is 5.56 Å². The Morgan fingerprint density at radius 3 is 2.73 bits per heavy atom. The summed E-state index contributed by atoms with van der Waals surface area (Å²) in [6.07, 6.45) is 1.67. The average molecular weight is 322 g/mol. The van der Waals surface area contributed by atoms with Crippen LogP contribution in [0.5, 0.6) is 5.88 Å². The number of halogens is 1. The van der Waals surface area contributed by atoms with Gasteiger partial charge < -0.3 is 14.8 Å². The van der Waals surface area contributed by atoms with Gasteiger partial charge in [-0.25, -0.2) is 0 Å². The van der Waals surface area contributed by atoms with Gasteiger partial charge in [0.15, 0.2) is 0 Å². The van der Waals surface area contributed by atoms with E-state index in [9.17, 15) is 9.90 Å². The fourth-order valence-electron chi connectivity index (χ4n) is 1.63. The molecule has 0 aromatic carbocycles. The van der Waals surface area contributed by atoms with Crippen molar-refractivity contribution in [3.8, 4) is 5.88 Å². The maximum atomic E-state index is 11.4. The summed E-state index contributed by atoms with van der Waals surface area (Å²) in [6, 6.07) is 0. The SMILES string of the molecule is O=c1[nH]c(C2CCOCC2)nc(O)c1I. The number of hydrogen-bond acceptors (Lipinski definition) is 4. The molecule has 0 saturated carbocycles. The molecule has 2 heterocycles. The fourth-order valence-corrected chi connectivity index (χ4v) is 1.88. The summed E-state index contributed by atoms with van der Waals surface area (Å²) in [5.74, 6) is 0.580. The predicted octanol–water partition coefficient (Wildman–Crippen LogP) is 0.974. The lowest BCUT2D eigenvalue weighted by Gasteiger charge is -2.20. The summed E-state index contributed by atoms with van der Waals surface area (Å²) in [6.45, 7) is 1.36. The van der Waals surface area contributed by atoms with Gasteiger partial charge >= 0.3 is 0 Å². The summed E-state index contributed by atoms with van der Waals surface area (Å²) in [7, 11) is 0. The van der Waals surface area contributed by atoms with Gasteiger partial charge in [-0.05, 0) is 35.4 Å². The van der Waals surface area contributed by atoms with Crippen LogP contribution in [0.25, 0.3) is 0 Å². The van der Waals surface area contributed by atoms with Gasteiger partial charge in [0.1, 0.15) is 9.39 Å². The van der Waals surface area contributed by atoms with E-state index in [1.54, 1.807) is 22.6 Å². The Hall–Kier alpha value is -0.630. The first-order valence-electron chi connectivity index (χ1n) is 4.75. The van der Waals surface area contributed by atoms with E-state index >= 15 is 0 Å². The van der Waals surface area contributed by atoms with E-state index in [1.807, 2.05) is 0 Å². The van der Waals surface area contributed by atoms with Crippen molar-refractivity contribution in [2.75, 3.05) is 13.2 Å². The van der Waals surface area contributed by atoms with Gasteiger partial charge in [-0.15, -0.1) is 0 Å². The highest BCUT2D eigenvalue weighted by Crippen LogP contribution is 2.24. The Labute approximate surface area is 100 Å². The predicted molar refractivity (Wildman–Crippen MR) is 62.0 cm³/mol. The second-order valence-electron chi connectivity index (χ2n) is 3.48. The number of H-pyrrole nitrogens is 1. The molecule has 5 nitrogen and oxygen atoms in total.